The number of benzene rings is 1. The van der Waals surface area contributed by atoms with Crippen LogP contribution in [0.25, 0.3) is 0 Å². The average molecular weight is 245 g/mol. The van der Waals surface area contributed by atoms with Gasteiger partial charge in [-0.25, -0.2) is 4.79 Å². The maximum absolute atomic E-state index is 10.4. The molecule has 0 saturated carbocycles. The summed E-state index contributed by atoms with van der Waals surface area (Å²) in [5.74, 6) is -0.346. The van der Waals surface area contributed by atoms with E-state index in [1.54, 1.807) is 24.3 Å². The van der Waals surface area contributed by atoms with Crippen molar-refractivity contribution in [1.82, 2.24) is 0 Å². The van der Waals surface area contributed by atoms with E-state index >= 15 is 0 Å². The molecule has 0 spiro atoms. The summed E-state index contributed by atoms with van der Waals surface area (Å²) in [5.41, 5.74) is 0. The molecule has 4 nitrogen and oxygen atoms in total. The Balaban J connectivity index is 2.23. The smallest absolute Gasteiger partial charge is 0.332 e. The Labute approximate surface area is 98.7 Å². The van der Waals surface area contributed by atoms with Gasteiger partial charge in [-0.15, -0.1) is 0 Å². The summed E-state index contributed by atoms with van der Waals surface area (Å²) in [7, 11) is 0. The summed E-state index contributed by atoms with van der Waals surface area (Å²) in [5, 5.41) is 9.15. The molecule has 1 atom stereocenters. The second kappa shape index (κ2) is 6.35. The van der Waals surface area contributed by atoms with Gasteiger partial charge in [-0.1, -0.05) is 17.7 Å². The maximum atomic E-state index is 10.4. The van der Waals surface area contributed by atoms with Gasteiger partial charge in [0.2, 0.25) is 0 Å². The van der Waals surface area contributed by atoms with Gasteiger partial charge < -0.3 is 14.6 Å². The van der Waals surface area contributed by atoms with Crippen molar-refractivity contribution in [2.45, 2.75) is 13.0 Å². The highest BCUT2D eigenvalue weighted by Crippen LogP contribution is 2.16. The molecule has 0 aliphatic rings. The van der Waals surface area contributed by atoms with Gasteiger partial charge in [-0.05, 0) is 25.1 Å². The van der Waals surface area contributed by atoms with Gasteiger partial charge in [-0.2, -0.15) is 0 Å². The van der Waals surface area contributed by atoms with E-state index in [4.69, 9.17) is 26.2 Å². The molecule has 0 aliphatic carbocycles. The third-order valence-corrected chi connectivity index (χ3v) is 2.10. The van der Waals surface area contributed by atoms with Crippen molar-refractivity contribution in [3.8, 4) is 5.75 Å². The molecule has 88 valence electrons. The molecule has 5 heteroatoms. The minimum atomic E-state index is -0.984. The van der Waals surface area contributed by atoms with E-state index in [2.05, 4.69) is 0 Å². The second-order valence-electron chi connectivity index (χ2n) is 3.16. The van der Waals surface area contributed by atoms with E-state index < -0.39 is 12.1 Å². The highest BCUT2D eigenvalue weighted by Gasteiger charge is 2.10. The van der Waals surface area contributed by atoms with Crippen molar-refractivity contribution in [2.75, 3.05) is 13.2 Å². The number of hydrogen-bond acceptors (Lipinski definition) is 3. The van der Waals surface area contributed by atoms with E-state index in [0.717, 1.165) is 0 Å². The first kappa shape index (κ1) is 12.8. The molecule has 0 radical (unpaired) electrons. The summed E-state index contributed by atoms with van der Waals surface area (Å²) in [6.45, 7) is 1.99. The van der Waals surface area contributed by atoms with Gasteiger partial charge in [0, 0.05) is 5.02 Å². The molecule has 16 heavy (non-hydrogen) atoms. The zero-order valence-electron chi connectivity index (χ0n) is 8.85. The average Bonchev–Trinajstić information content (AvgIpc) is 2.24. The number of rotatable bonds is 6. The van der Waals surface area contributed by atoms with Crippen molar-refractivity contribution in [3.05, 3.63) is 29.3 Å². The lowest BCUT2D eigenvalue weighted by molar-refractivity contribution is -0.149. The number of carboxylic acid groups (broad SMARTS) is 1. The van der Waals surface area contributed by atoms with Crippen molar-refractivity contribution in [2.24, 2.45) is 0 Å². The van der Waals surface area contributed by atoms with Crippen molar-refractivity contribution in [3.63, 3.8) is 0 Å². The molecule has 0 fully saturated rings. The van der Waals surface area contributed by atoms with Crippen LogP contribution in [-0.2, 0) is 9.53 Å². The monoisotopic (exact) mass is 244 g/mol. The first-order valence-electron chi connectivity index (χ1n) is 4.82. The number of halogens is 1. The SMILES string of the molecule is C[C@H](OCCOc1cccc(Cl)c1)C(=O)O. The number of carboxylic acids is 1. The van der Waals surface area contributed by atoms with Crippen LogP contribution in [0.1, 0.15) is 6.92 Å². The third-order valence-electron chi connectivity index (χ3n) is 1.86. The maximum Gasteiger partial charge on any atom is 0.332 e. The van der Waals surface area contributed by atoms with Crippen LogP contribution in [0, 0.1) is 0 Å². The Morgan fingerprint density at radius 3 is 2.88 bits per heavy atom. The molecule has 1 N–H and O–H groups in total. The van der Waals surface area contributed by atoms with E-state index in [1.807, 2.05) is 0 Å². The molecule has 1 aromatic carbocycles. The van der Waals surface area contributed by atoms with E-state index in [-0.39, 0.29) is 13.2 Å². The lowest BCUT2D eigenvalue weighted by atomic mass is 10.3. The van der Waals surface area contributed by atoms with Crippen LogP contribution in [0.15, 0.2) is 24.3 Å². The van der Waals surface area contributed by atoms with Gasteiger partial charge >= 0.3 is 5.97 Å². The van der Waals surface area contributed by atoms with Gasteiger partial charge in [-0.3, -0.25) is 0 Å². The fourth-order valence-corrected chi connectivity index (χ4v) is 1.19. The zero-order chi connectivity index (χ0) is 12.0. The van der Waals surface area contributed by atoms with Gasteiger partial charge in [0.15, 0.2) is 6.10 Å². The highest BCUT2D eigenvalue weighted by molar-refractivity contribution is 6.30. The topological polar surface area (TPSA) is 55.8 Å². The van der Waals surface area contributed by atoms with Crippen molar-refractivity contribution >= 4 is 17.6 Å². The lowest BCUT2D eigenvalue weighted by Gasteiger charge is -2.09. The van der Waals surface area contributed by atoms with Gasteiger partial charge in [0.1, 0.15) is 12.4 Å². The number of aliphatic carboxylic acids is 1. The van der Waals surface area contributed by atoms with Crippen LogP contribution in [0.3, 0.4) is 0 Å². The summed E-state index contributed by atoms with van der Waals surface area (Å²) in [6, 6.07) is 6.98. The second-order valence-corrected chi connectivity index (χ2v) is 3.59. The molecule has 0 aromatic heterocycles. The van der Waals surface area contributed by atoms with E-state index in [1.165, 1.54) is 6.92 Å². The largest absolute Gasteiger partial charge is 0.491 e. The number of carbonyl (C=O) groups is 1. The molecule has 0 bridgehead atoms. The van der Waals surface area contributed by atoms with E-state index in [9.17, 15) is 4.79 Å². The molecule has 1 rings (SSSR count). The minimum Gasteiger partial charge on any atom is -0.491 e. The van der Waals surface area contributed by atoms with Crippen LogP contribution in [0.5, 0.6) is 5.75 Å². The number of ether oxygens (including phenoxy) is 2. The normalized spacial score (nSPS) is 12.1. The standard InChI is InChI=1S/C11H13ClO4/c1-8(11(13)14)15-5-6-16-10-4-2-3-9(12)7-10/h2-4,7-8H,5-6H2,1H3,(H,13,14)/t8-/m0/s1. The first-order valence-corrected chi connectivity index (χ1v) is 5.20. The molecular weight excluding hydrogens is 232 g/mol. The first-order chi connectivity index (χ1) is 7.59. The van der Waals surface area contributed by atoms with Crippen molar-refractivity contribution < 1.29 is 19.4 Å². The lowest BCUT2D eigenvalue weighted by Crippen LogP contribution is -2.22. The highest BCUT2D eigenvalue weighted by atomic mass is 35.5. The number of hydrogen-bond donors (Lipinski definition) is 1. The Bertz CT molecular complexity index is 354. The molecule has 0 aliphatic heterocycles. The van der Waals surface area contributed by atoms with E-state index in [0.29, 0.717) is 10.8 Å². The molecule has 0 heterocycles. The molecule has 0 saturated heterocycles. The molecule has 0 unspecified atom stereocenters. The quantitative estimate of drug-likeness (QED) is 0.780. The Hall–Kier alpha value is -1.26. The zero-order valence-corrected chi connectivity index (χ0v) is 9.61. The Morgan fingerprint density at radius 2 is 2.25 bits per heavy atom. The minimum absolute atomic E-state index is 0.222. The van der Waals surface area contributed by atoms with Gasteiger partial charge in [0.25, 0.3) is 0 Å². The van der Waals surface area contributed by atoms with Crippen LogP contribution < -0.4 is 4.74 Å². The van der Waals surface area contributed by atoms with Crippen LogP contribution in [-0.4, -0.2) is 30.4 Å². The predicted octanol–water partition coefficient (Wildman–Crippen LogP) is 2.21. The summed E-state index contributed by atoms with van der Waals surface area (Å²) < 4.78 is 10.3. The summed E-state index contributed by atoms with van der Waals surface area (Å²) in [4.78, 5) is 10.4. The van der Waals surface area contributed by atoms with Crippen LogP contribution >= 0.6 is 11.6 Å². The van der Waals surface area contributed by atoms with Gasteiger partial charge in [0.05, 0.1) is 6.61 Å². The molecule has 0 amide bonds. The van der Waals surface area contributed by atoms with Crippen molar-refractivity contribution in [1.29, 1.82) is 0 Å². The van der Waals surface area contributed by atoms with Crippen LogP contribution in [0.2, 0.25) is 5.02 Å². The summed E-state index contributed by atoms with van der Waals surface area (Å²) >= 11 is 5.76. The fourth-order valence-electron chi connectivity index (χ4n) is 1.01. The Kier molecular flexibility index (Phi) is 5.08. The predicted molar refractivity (Wildman–Crippen MR) is 60.0 cm³/mol. The Morgan fingerprint density at radius 1 is 1.50 bits per heavy atom. The fraction of sp³-hybridized carbons (Fsp3) is 0.364. The molecular formula is C11H13ClO4. The third kappa shape index (κ3) is 4.51. The molecule has 1 aromatic rings. The van der Waals surface area contributed by atoms with Crippen LogP contribution in [0.4, 0.5) is 0 Å². The summed E-state index contributed by atoms with van der Waals surface area (Å²) in [6.07, 6.45) is -0.817.